The minimum atomic E-state index is -0.559. The van der Waals surface area contributed by atoms with Crippen molar-refractivity contribution in [2.45, 2.75) is 45.6 Å². The number of rotatable bonds is 6. The minimum Gasteiger partial charge on any atom is -0.493 e. The Kier molecular flexibility index (Phi) is 6.76. The average molecular weight is 479 g/mol. The van der Waals surface area contributed by atoms with E-state index in [1.54, 1.807) is 12.1 Å². The number of ether oxygens (including phenoxy) is 1. The van der Waals surface area contributed by atoms with Crippen molar-refractivity contribution in [1.29, 1.82) is 0 Å². The van der Waals surface area contributed by atoms with E-state index in [2.05, 4.69) is 27.5 Å². The van der Waals surface area contributed by atoms with Crippen LogP contribution in [0.5, 0.6) is 5.75 Å². The van der Waals surface area contributed by atoms with E-state index in [0.29, 0.717) is 34.9 Å². The van der Waals surface area contributed by atoms with Gasteiger partial charge in [0.15, 0.2) is 0 Å². The molecule has 1 aliphatic rings. The van der Waals surface area contributed by atoms with Crippen LogP contribution in [0.3, 0.4) is 0 Å². The highest BCUT2D eigenvalue weighted by atomic mass is 35.5. The number of imidazole rings is 1. The van der Waals surface area contributed by atoms with Crippen LogP contribution in [-0.4, -0.2) is 28.5 Å². The zero-order valence-corrected chi connectivity index (χ0v) is 19.4. The molecule has 0 bridgehead atoms. The third-order valence-corrected chi connectivity index (χ3v) is 6.57. The summed E-state index contributed by atoms with van der Waals surface area (Å²) in [5.41, 5.74) is 1.62. The fourth-order valence-electron chi connectivity index (χ4n) is 3.98. The van der Waals surface area contributed by atoms with E-state index in [4.69, 9.17) is 27.9 Å². The van der Waals surface area contributed by atoms with Gasteiger partial charge in [-0.15, -0.1) is 0 Å². The van der Waals surface area contributed by atoms with Crippen molar-refractivity contribution >= 4 is 51.8 Å². The molecule has 3 N–H and O–H groups in total. The number of nitrogens with zero attached hydrogens (tertiary/aromatic N) is 1. The molecule has 0 aliphatic heterocycles. The van der Waals surface area contributed by atoms with Crippen molar-refractivity contribution in [1.82, 2.24) is 15.3 Å². The van der Waals surface area contributed by atoms with E-state index < -0.39 is 5.82 Å². The number of hydrogen-bond acceptors (Lipinski definition) is 4. The van der Waals surface area contributed by atoms with E-state index >= 15 is 0 Å². The predicted octanol–water partition coefficient (Wildman–Crippen LogP) is 6.46. The van der Waals surface area contributed by atoms with Gasteiger partial charge in [-0.3, -0.25) is 4.79 Å². The topological polar surface area (TPSA) is 79.0 Å². The summed E-state index contributed by atoms with van der Waals surface area (Å²) >= 11 is 12.1. The molecule has 0 atom stereocenters. The molecule has 0 unspecified atom stereocenters. The number of aromatic nitrogens is 2. The molecule has 6 nitrogen and oxygen atoms in total. The molecule has 1 aliphatic carbocycles. The van der Waals surface area contributed by atoms with E-state index in [0.717, 1.165) is 25.7 Å². The zero-order valence-electron chi connectivity index (χ0n) is 17.9. The highest BCUT2D eigenvalue weighted by Crippen LogP contribution is 2.35. The van der Waals surface area contributed by atoms with Gasteiger partial charge >= 0.3 is 0 Å². The third kappa shape index (κ3) is 4.79. The number of aromatic amines is 1. The van der Waals surface area contributed by atoms with Crippen LogP contribution in [0.1, 0.15) is 49.9 Å². The maximum Gasteiger partial charge on any atom is 0.255 e. The molecule has 0 saturated heterocycles. The van der Waals surface area contributed by atoms with Gasteiger partial charge in [-0.25, -0.2) is 9.37 Å². The van der Waals surface area contributed by atoms with Crippen LogP contribution in [0, 0.1) is 11.7 Å². The van der Waals surface area contributed by atoms with Gasteiger partial charge in [0, 0.05) is 12.1 Å². The molecular formula is C23H25Cl2FN4O2. The Hall–Kier alpha value is -2.51. The second-order valence-electron chi connectivity index (χ2n) is 8.16. The van der Waals surface area contributed by atoms with Crippen molar-refractivity contribution < 1.29 is 13.9 Å². The highest BCUT2D eigenvalue weighted by Gasteiger charge is 2.23. The normalized spacial score (nSPS) is 18.5. The van der Waals surface area contributed by atoms with Crippen molar-refractivity contribution in [2.75, 3.05) is 11.9 Å². The lowest BCUT2D eigenvalue weighted by Gasteiger charge is -2.27. The van der Waals surface area contributed by atoms with E-state index in [9.17, 15) is 9.18 Å². The first-order chi connectivity index (χ1) is 15.4. The lowest BCUT2D eigenvalue weighted by Crippen LogP contribution is -2.37. The Bertz CT molecular complexity index is 1140. The van der Waals surface area contributed by atoms with Crippen LogP contribution in [0.2, 0.25) is 10.0 Å². The molecule has 2 aromatic carbocycles. The van der Waals surface area contributed by atoms with Crippen LogP contribution < -0.4 is 15.4 Å². The van der Waals surface area contributed by atoms with Crippen LogP contribution in [0.15, 0.2) is 24.3 Å². The van der Waals surface area contributed by atoms with E-state index in [1.165, 1.54) is 12.1 Å². The first-order valence-electron chi connectivity index (χ1n) is 10.7. The lowest BCUT2D eigenvalue weighted by atomic mass is 9.87. The molecule has 0 spiro atoms. The Morgan fingerprint density at radius 3 is 2.72 bits per heavy atom. The molecule has 32 heavy (non-hydrogen) atoms. The first kappa shape index (κ1) is 22.7. The van der Waals surface area contributed by atoms with Gasteiger partial charge in [0.1, 0.15) is 11.6 Å². The summed E-state index contributed by atoms with van der Waals surface area (Å²) in [6.45, 7) is 4.51. The van der Waals surface area contributed by atoms with Gasteiger partial charge < -0.3 is 20.4 Å². The Labute approximate surface area is 195 Å². The summed E-state index contributed by atoms with van der Waals surface area (Å²) in [6.07, 6.45) is 4.17. The van der Waals surface area contributed by atoms with Crippen LogP contribution in [-0.2, 0) is 0 Å². The fraction of sp³-hybridized carbons (Fsp3) is 0.391. The number of hydrogen-bond donors (Lipinski definition) is 3. The van der Waals surface area contributed by atoms with Gasteiger partial charge in [-0.1, -0.05) is 30.1 Å². The van der Waals surface area contributed by atoms with Gasteiger partial charge in [-0.05, 0) is 56.7 Å². The van der Waals surface area contributed by atoms with E-state index in [1.807, 2.05) is 6.92 Å². The number of H-pyrrole nitrogens is 1. The summed E-state index contributed by atoms with van der Waals surface area (Å²) in [4.78, 5) is 20.5. The van der Waals surface area contributed by atoms with Crippen LogP contribution in [0.25, 0.3) is 11.0 Å². The summed E-state index contributed by atoms with van der Waals surface area (Å²) in [7, 11) is 0. The number of fused-ring (bicyclic) bond motifs is 1. The first-order valence-corrected chi connectivity index (χ1v) is 11.5. The fourth-order valence-corrected chi connectivity index (χ4v) is 4.33. The van der Waals surface area contributed by atoms with Crippen LogP contribution in [0.4, 0.5) is 16.0 Å². The largest absolute Gasteiger partial charge is 0.493 e. The Balaban J connectivity index is 1.62. The van der Waals surface area contributed by atoms with Gasteiger partial charge in [0.05, 0.1) is 38.9 Å². The summed E-state index contributed by atoms with van der Waals surface area (Å²) in [6, 6.07) is 6.17. The number of carbonyl (C=O) groups is 1. The number of anilines is 2. The summed E-state index contributed by atoms with van der Waals surface area (Å²) in [5, 5.41) is 6.26. The summed E-state index contributed by atoms with van der Waals surface area (Å²) < 4.78 is 20.0. The second kappa shape index (κ2) is 9.55. The quantitative estimate of drug-likeness (QED) is 0.355. The standard InChI is InChI=1S/C23H25Cl2FN4O2/c1-3-32-19-11-18-17(10-14(19)22(31)27-13-6-4-12(2)5-7-13)28-23(29-18)30-21-16(26)9-8-15(24)20(21)25/h8-13H,3-7H2,1-2H3,(H,27,31)(H2,28,29,30). The molecular weight excluding hydrogens is 454 g/mol. The van der Waals surface area contributed by atoms with Gasteiger partial charge in [0.2, 0.25) is 5.95 Å². The molecule has 3 aromatic rings. The molecule has 4 rings (SSSR count). The average Bonchev–Trinajstić information content (AvgIpc) is 3.16. The molecule has 1 amide bonds. The Morgan fingerprint density at radius 2 is 2.00 bits per heavy atom. The summed E-state index contributed by atoms with van der Waals surface area (Å²) in [5.74, 6) is 0.688. The van der Waals surface area contributed by atoms with Crippen LogP contribution >= 0.6 is 23.2 Å². The van der Waals surface area contributed by atoms with Crippen molar-refractivity contribution in [2.24, 2.45) is 5.92 Å². The maximum atomic E-state index is 14.2. The number of amides is 1. The smallest absolute Gasteiger partial charge is 0.255 e. The molecule has 170 valence electrons. The van der Waals surface area contributed by atoms with E-state index in [-0.39, 0.29) is 33.6 Å². The number of nitrogens with one attached hydrogen (secondary N) is 3. The molecule has 1 aromatic heterocycles. The number of halogens is 3. The maximum absolute atomic E-state index is 14.2. The predicted molar refractivity (Wildman–Crippen MR) is 126 cm³/mol. The Morgan fingerprint density at radius 1 is 1.25 bits per heavy atom. The number of benzene rings is 2. The molecule has 9 heteroatoms. The molecule has 1 saturated carbocycles. The van der Waals surface area contributed by atoms with Gasteiger partial charge in [0.25, 0.3) is 5.91 Å². The highest BCUT2D eigenvalue weighted by molar-refractivity contribution is 6.43. The zero-order chi connectivity index (χ0) is 22.8. The lowest BCUT2D eigenvalue weighted by molar-refractivity contribution is 0.0919. The molecule has 1 fully saturated rings. The number of carbonyl (C=O) groups excluding carboxylic acids is 1. The SMILES string of the molecule is CCOc1cc2[nH]c(Nc3c(F)ccc(Cl)c3Cl)nc2cc1C(=O)NC1CCC(C)CC1. The minimum absolute atomic E-state index is 0.0211. The van der Waals surface area contributed by atoms with Gasteiger partial charge in [-0.2, -0.15) is 0 Å². The monoisotopic (exact) mass is 478 g/mol. The second-order valence-corrected chi connectivity index (χ2v) is 8.94. The molecule has 1 heterocycles. The third-order valence-electron chi connectivity index (χ3n) is 5.77. The van der Waals surface area contributed by atoms with Crippen molar-refractivity contribution in [3.63, 3.8) is 0 Å². The van der Waals surface area contributed by atoms with Crippen molar-refractivity contribution in [3.8, 4) is 5.75 Å². The molecule has 0 radical (unpaired) electrons. The van der Waals surface area contributed by atoms with Crippen molar-refractivity contribution in [3.05, 3.63) is 45.7 Å².